The summed E-state index contributed by atoms with van der Waals surface area (Å²) in [6.45, 7) is 10.5. The number of nitrogens with zero attached hydrogens (tertiary/aromatic N) is 3. The van der Waals surface area contributed by atoms with Gasteiger partial charge in [-0.25, -0.2) is 0 Å². The van der Waals surface area contributed by atoms with Crippen molar-refractivity contribution in [3.8, 4) is 0 Å². The van der Waals surface area contributed by atoms with Crippen LogP contribution in [-0.4, -0.2) is 79.0 Å². The first-order chi connectivity index (χ1) is 12.4. The van der Waals surface area contributed by atoms with Crippen LogP contribution in [0.1, 0.15) is 29.5 Å². The van der Waals surface area contributed by atoms with E-state index >= 15 is 0 Å². The van der Waals surface area contributed by atoms with Crippen LogP contribution in [0.4, 0.5) is 0 Å². The van der Waals surface area contributed by atoms with Crippen molar-refractivity contribution in [3.63, 3.8) is 0 Å². The second-order valence-electron chi connectivity index (χ2n) is 8.12. The molecule has 1 unspecified atom stereocenters. The van der Waals surface area contributed by atoms with Crippen LogP contribution in [0, 0.1) is 13.8 Å². The summed E-state index contributed by atoms with van der Waals surface area (Å²) in [6, 6.07) is 6.56. The summed E-state index contributed by atoms with van der Waals surface area (Å²) in [5, 5.41) is 0. The molecule has 0 spiro atoms. The summed E-state index contributed by atoms with van der Waals surface area (Å²) in [7, 11) is 2.19. The number of carbonyl (C=O) groups is 1. The second-order valence-corrected chi connectivity index (χ2v) is 8.12. The van der Waals surface area contributed by atoms with Crippen molar-refractivity contribution in [2.45, 2.75) is 45.2 Å². The predicted molar refractivity (Wildman–Crippen MR) is 106 cm³/mol. The average Bonchev–Trinajstić information content (AvgIpc) is 2.65. The van der Waals surface area contributed by atoms with E-state index in [4.69, 9.17) is 5.73 Å². The molecule has 5 nitrogen and oxygen atoms in total. The minimum atomic E-state index is -0.433. The Labute approximate surface area is 158 Å². The largest absolute Gasteiger partial charge is 0.341 e. The molecule has 26 heavy (non-hydrogen) atoms. The number of likely N-dealkylation sites (tertiary alicyclic amines) is 1. The maximum atomic E-state index is 12.8. The highest BCUT2D eigenvalue weighted by Gasteiger charge is 2.30. The van der Waals surface area contributed by atoms with Gasteiger partial charge in [-0.15, -0.1) is 0 Å². The molecule has 1 amide bonds. The van der Waals surface area contributed by atoms with Crippen molar-refractivity contribution in [3.05, 3.63) is 34.9 Å². The van der Waals surface area contributed by atoms with Crippen LogP contribution in [0.3, 0.4) is 0 Å². The highest BCUT2D eigenvalue weighted by atomic mass is 16.2. The van der Waals surface area contributed by atoms with Crippen LogP contribution in [0.5, 0.6) is 0 Å². The van der Waals surface area contributed by atoms with Gasteiger partial charge in [-0.3, -0.25) is 9.69 Å². The molecule has 2 aliphatic heterocycles. The molecule has 3 rings (SSSR count). The van der Waals surface area contributed by atoms with Crippen LogP contribution in [0.25, 0.3) is 0 Å². The highest BCUT2D eigenvalue weighted by Crippen LogP contribution is 2.19. The van der Waals surface area contributed by atoms with E-state index in [1.165, 1.54) is 11.1 Å². The van der Waals surface area contributed by atoms with Crippen molar-refractivity contribution in [1.82, 2.24) is 14.7 Å². The molecule has 0 aromatic heterocycles. The van der Waals surface area contributed by atoms with E-state index in [9.17, 15) is 4.79 Å². The Hall–Kier alpha value is -1.43. The minimum Gasteiger partial charge on any atom is -0.341 e. The third kappa shape index (κ3) is 4.64. The number of likely N-dealkylation sites (N-methyl/N-ethyl adjacent to an activating group) is 1. The molecule has 2 N–H and O–H groups in total. The van der Waals surface area contributed by atoms with Crippen molar-refractivity contribution in [2.75, 3.05) is 46.3 Å². The van der Waals surface area contributed by atoms with Gasteiger partial charge in [0.15, 0.2) is 0 Å². The molecule has 2 saturated heterocycles. The number of piperazine rings is 1. The minimum absolute atomic E-state index is 0.111. The Morgan fingerprint density at radius 3 is 2.35 bits per heavy atom. The fourth-order valence-corrected chi connectivity index (χ4v) is 4.14. The molecule has 2 fully saturated rings. The molecule has 0 aliphatic carbocycles. The molecule has 0 radical (unpaired) electrons. The van der Waals surface area contributed by atoms with Crippen molar-refractivity contribution in [2.24, 2.45) is 5.73 Å². The number of carbonyl (C=O) groups excluding carboxylic acids is 1. The zero-order valence-electron chi connectivity index (χ0n) is 16.6. The van der Waals surface area contributed by atoms with Crippen LogP contribution >= 0.6 is 0 Å². The molecule has 2 aliphatic rings. The van der Waals surface area contributed by atoms with E-state index in [0.29, 0.717) is 12.5 Å². The molecular weight excluding hydrogens is 324 g/mol. The number of rotatable bonds is 4. The van der Waals surface area contributed by atoms with Gasteiger partial charge in [0.05, 0.1) is 6.04 Å². The summed E-state index contributed by atoms with van der Waals surface area (Å²) in [4.78, 5) is 19.7. The molecule has 1 aromatic rings. The van der Waals surface area contributed by atoms with Crippen molar-refractivity contribution >= 4 is 5.91 Å². The lowest BCUT2D eigenvalue weighted by molar-refractivity contribution is -0.134. The Morgan fingerprint density at radius 2 is 1.73 bits per heavy atom. The lowest BCUT2D eigenvalue weighted by atomic mass is 9.98. The van der Waals surface area contributed by atoms with Gasteiger partial charge in [-0.1, -0.05) is 18.2 Å². The van der Waals surface area contributed by atoms with E-state index in [1.54, 1.807) is 0 Å². The summed E-state index contributed by atoms with van der Waals surface area (Å²) in [6.07, 6.45) is 2.77. The molecule has 2 heterocycles. The normalized spacial score (nSPS) is 21.8. The molecule has 1 atom stereocenters. The zero-order chi connectivity index (χ0) is 18.7. The lowest BCUT2D eigenvalue weighted by Gasteiger charge is -2.42. The first kappa shape index (κ1) is 19.3. The Kier molecular flexibility index (Phi) is 6.33. The van der Waals surface area contributed by atoms with Gasteiger partial charge in [-0.2, -0.15) is 0 Å². The number of hydrogen-bond donors (Lipinski definition) is 1. The lowest BCUT2D eigenvalue weighted by Crippen LogP contribution is -2.54. The second kappa shape index (κ2) is 8.51. The van der Waals surface area contributed by atoms with Crippen LogP contribution in [0.15, 0.2) is 18.2 Å². The first-order valence-corrected chi connectivity index (χ1v) is 9.97. The van der Waals surface area contributed by atoms with Gasteiger partial charge in [0, 0.05) is 45.3 Å². The molecular formula is C21H34N4O. The van der Waals surface area contributed by atoms with E-state index in [0.717, 1.165) is 57.7 Å². The fourth-order valence-electron chi connectivity index (χ4n) is 4.14. The number of nitrogens with two attached hydrogens (primary N) is 1. The molecule has 144 valence electrons. The van der Waals surface area contributed by atoms with E-state index in [-0.39, 0.29) is 5.91 Å². The Morgan fingerprint density at radius 1 is 1.08 bits per heavy atom. The van der Waals surface area contributed by atoms with E-state index in [2.05, 4.69) is 48.9 Å². The number of aryl methyl sites for hydroxylation is 2. The third-order valence-electron chi connectivity index (χ3n) is 6.17. The maximum Gasteiger partial charge on any atom is 0.239 e. The van der Waals surface area contributed by atoms with Crippen molar-refractivity contribution in [1.29, 1.82) is 0 Å². The zero-order valence-corrected chi connectivity index (χ0v) is 16.6. The SMILES string of the molecule is Cc1ccc(CC(N)C(=O)N2CCC(N3CCN(C)CC3)CC2)cc1C. The number of piperidine rings is 1. The molecule has 5 heteroatoms. The predicted octanol–water partition coefficient (Wildman–Crippen LogP) is 1.41. The van der Waals surface area contributed by atoms with Gasteiger partial charge in [0.2, 0.25) is 5.91 Å². The standard InChI is InChI=1S/C21H34N4O/c1-16-4-5-18(14-17(16)2)15-20(22)21(26)25-8-6-19(7-9-25)24-12-10-23(3)11-13-24/h4-5,14,19-20H,6-13,15,22H2,1-3H3. The summed E-state index contributed by atoms with van der Waals surface area (Å²) in [5.41, 5.74) is 9.94. The molecule has 1 aromatic carbocycles. The Bertz CT molecular complexity index is 616. The first-order valence-electron chi connectivity index (χ1n) is 9.97. The summed E-state index contributed by atoms with van der Waals surface area (Å²) in [5.74, 6) is 0.111. The summed E-state index contributed by atoms with van der Waals surface area (Å²) >= 11 is 0. The van der Waals surface area contributed by atoms with Crippen LogP contribution in [0.2, 0.25) is 0 Å². The smallest absolute Gasteiger partial charge is 0.239 e. The quantitative estimate of drug-likeness (QED) is 0.884. The van der Waals surface area contributed by atoms with E-state index in [1.807, 2.05) is 4.90 Å². The monoisotopic (exact) mass is 358 g/mol. The summed E-state index contributed by atoms with van der Waals surface area (Å²) < 4.78 is 0. The van der Waals surface area contributed by atoms with Gasteiger partial charge in [-0.05, 0) is 56.8 Å². The number of amides is 1. The average molecular weight is 359 g/mol. The molecule has 0 bridgehead atoms. The number of benzene rings is 1. The number of hydrogen-bond acceptors (Lipinski definition) is 4. The maximum absolute atomic E-state index is 12.8. The fraction of sp³-hybridized carbons (Fsp3) is 0.667. The highest BCUT2D eigenvalue weighted by molar-refractivity contribution is 5.82. The van der Waals surface area contributed by atoms with Gasteiger partial charge >= 0.3 is 0 Å². The van der Waals surface area contributed by atoms with Gasteiger partial charge in [0.25, 0.3) is 0 Å². The van der Waals surface area contributed by atoms with Gasteiger partial charge < -0.3 is 15.5 Å². The topological polar surface area (TPSA) is 52.8 Å². The van der Waals surface area contributed by atoms with Crippen LogP contribution in [-0.2, 0) is 11.2 Å². The molecule has 0 saturated carbocycles. The van der Waals surface area contributed by atoms with Gasteiger partial charge in [0.1, 0.15) is 0 Å². The third-order valence-corrected chi connectivity index (χ3v) is 6.17. The van der Waals surface area contributed by atoms with E-state index < -0.39 is 6.04 Å². The van der Waals surface area contributed by atoms with Crippen LogP contribution < -0.4 is 5.73 Å². The van der Waals surface area contributed by atoms with Crippen molar-refractivity contribution < 1.29 is 4.79 Å². The Balaban J connectivity index is 1.48.